The minimum absolute atomic E-state index is 0.201. The minimum Gasteiger partial charge on any atom is -0.445 e. The van der Waals surface area contributed by atoms with Gasteiger partial charge in [0.25, 0.3) is 0 Å². The van der Waals surface area contributed by atoms with E-state index in [1.165, 1.54) is 5.56 Å². The average molecular weight is 339 g/mol. The predicted molar refractivity (Wildman–Crippen MR) is 100 cm³/mol. The molecule has 0 heterocycles. The molecule has 2 rings (SSSR count). The third-order valence-corrected chi connectivity index (χ3v) is 3.75. The lowest BCUT2D eigenvalue weighted by atomic mass is 10.0. The summed E-state index contributed by atoms with van der Waals surface area (Å²) in [4.78, 5) is 11.6. The van der Waals surface area contributed by atoms with Crippen LogP contribution in [0, 0.1) is 0 Å². The van der Waals surface area contributed by atoms with Crippen LogP contribution in [0.15, 0.2) is 60.7 Å². The molecule has 0 atom stereocenters. The molecule has 0 unspecified atom stereocenters. The van der Waals surface area contributed by atoms with E-state index in [1.807, 2.05) is 48.5 Å². The van der Waals surface area contributed by atoms with Gasteiger partial charge in [-0.05, 0) is 36.0 Å². The number of aliphatic hydroxyl groups excluding tert-OH is 1. The van der Waals surface area contributed by atoms with Gasteiger partial charge >= 0.3 is 6.09 Å². The molecule has 4 heteroatoms. The number of aliphatic hydroxyl groups is 1. The second-order valence-electron chi connectivity index (χ2n) is 5.71. The van der Waals surface area contributed by atoms with Crippen LogP contribution >= 0.6 is 0 Å². The van der Waals surface area contributed by atoms with E-state index >= 15 is 0 Å². The van der Waals surface area contributed by atoms with Crippen molar-refractivity contribution < 1.29 is 14.6 Å². The van der Waals surface area contributed by atoms with E-state index in [1.54, 1.807) is 0 Å². The van der Waals surface area contributed by atoms with E-state index in [9.17, 15) is 4.79 Å². The molecule has 132 valence electrons. The normalized spacial score (nSPS) is 10.8. The van der Waals surface area contributed by atoms with Crippen molar-refractivity contribution in [3.8, 4) is 0 Å². The number of carbonyl (C=O) groups excluding carboxylic acids is 1. The quantitative estimate of drug-likeness (QED) is 0.680. The number of hydrogen-bond donors (Lipinski definition) is 2. The highest BCUT2D eigenvalue weighted by molar-refractivity contribution is 5.67. The smallest absolute Gasteiger partial charge is 0.407 e. The fraction of sp³-hybridized carbons (Fsp3) is 0.286. The Labute approximate surface area is 149 Å². The number of benzene rings is 2. The number of hydrogen-bond acceptors (Lipinski definition) is 3. The van der Waals surface area contributed by atoms with Crippen LogP contribution in [-0.2, 0) is 17.8 Å². The number of rotatable bonds is 9. The van der Waals surface area contributed by atoms with Crippen LogP contribution in [0.4, 0.5) is 4.79 Å². The van der Waals surface area contributed by atoms with Crippen LogP contribution in [-0.4, -0.2) is 24.4 Å². The van der Waals surface area contributed by atoms with Crippen LogP contribution in [0.2, 0.25) is 0 Å². The molecule has 2 aromatic rings. The maximum Gasteiger partial charge on any atom is 0.407 e. The van der Waals surface area contributed by atoms with Gasteiger partial charge in [-0.15, -0.1) is 0 Å². The Kier molecular flexibility index (Phi) is 8.29. The summed E-state index contributed by atoms with van der Waals surface area (Å²) in [5.74, 6) is 0. The molecule has 0 bridgehead atoms. The standard InChI is InChI=1S/C21H25NO3/c23-16-8-14-20-12-5-4-11-19(20)13-6-7-15-22-21(24)25-17-18-9-2-1-3-10-18/h1-6,9-13,23H,7-8,14-17H2,(H,22,24). The fourth-order valence-corrected chi connectivity index (χ4v) is 2.44. The van der Waals surface area contributed by atoms with E-state index in [0.29, 0.717) is 6.54 Å². The predicted octanol–water partition coefficient (Wildman–Crippen LogP) is 3.94. The van der Waals surface area contributed by atoms with E-state index in [0.717, 1.165) is 30.4 Å². The lowest BCUT2D eigenvalue weighted by Gasteiger charge is -2.06. The maximum absolute atomic E-state index is 11.6. The highest BCUT2D eigenvalue weighted by atomic mass is 16.5. The van der Waals surface area contributed by atoms with Crippen LogP contribution in [0.3, 0.4) is 0 Å². The maximum atomic E-state index is 11.6. The molecular weight excluding hydrogens is 314 g/mol. The third kappa shape index (κ3) is 7.23. The van der Waals surface area contributed by atoms with E-state index < -0.39 is 6.09 Å². The van der Waals surface area contributed by atoms with Gasteiger partial charge in [0.1, 0.15) is 6.61 Å². The van der Waals surface area contributed by atoms with Gasteiger partial charge in [0.05, 0.1) is 0 Å². The SMILES string of the molecule is O=C(NCCC=Cc1ccccc1CCCO)OCc1ccccc1. The first-order chi connectivity index (χ1) is 12.3. The molecule has 1 amide bonds. The molecule has 2 aromatic carbocycles. The molecule has 0 saturated heterocycles. The van der Waals surface area contributed by atoms with Crippen molar-refractivity contribution in [2.45, 2.75) is 25.9 Å². The lowest BCUT2D eigenvalue weighted by molar-refractivity contribution is 0.140. The zero-order valence-electron chi connectivity index (χ0n) is 14.4. The van der Waals surface area contributed by atoms with Gasteiger partial charge in [-0.25, -0.2) is 4.79 Å². The van der Waals surface area contributed by atoms with Crippen molar-refractivity contribution >= 4 is 12.2 Å². The molecule has 2 N–H and O–H groups in total. The number of aryl methyl sites for hydroxylation is 1. The first-order valence-corrected chi connectivity index (χ1v) is 8.59. The minimum atomic E-state index is -0.402. The molecule has 25 heavy (non-hydrogen) atoms. The summed E-state index contributed by atoms with van der Waals surface area (Å²) >= 11 is 0. The molecule has 0 aliphatic heterocycles. The Morgan fingerprint density at radius 3 is 2.64 bits per heavy atom. The summed E-state index contributed by atoms with van der Waals surface area (Å²) in [6.45, 7) is 1.01. The van der Waals surface area contributed by atoms with Crippen molar-refractivity contribution in [3.05, 3.63) is 77.4 Å². The van der Waals surface area contributed by atoms with Crippen LogP contribution in [0.5, 0.6) is 0 Å². The number of amides is 1. The summed E-state index contributed by atoms with van der Waals surface area (Å²) in [5, 5.41) is 11.7. The zero-order valence-corrected chi connectivity index (χ0v) is 14.4. The summed E-state index contributed by atoms with van der Waals surface area (Å²) in [6.07, 6.45) is 6.05. The largest absolute Gasteiger partial charge is 0.445 e. The Bertz CT molecular complexity index is 668. The highest BCUT2D eigenvalue weighted by Gasteiger charge is 2.01. The van der Waals surface area contributed by atoms with Gasteiger partial charge in [0.2, 0.25) is 0 Å². The summed E-state index contributed by atoms with van der Waals surface area (Å²) in [6, 6.07) is 17.8. The number of alkyl carbamates (subject to hydrolysis) is 1. The topological polar surface area (TPSA) is 58.6 Å². The highest BCUT2D eigenvalue weighted by Crippen LogP contribution is 2.13. The van der Waals surface area contributed by atoms with Crippen LogP contribution in [0.1, 0.15) is 29.5 Å². The first-order valence-electron chi connectivity index (χ1n) is 8.59. The van der Waals surface area contributed by atoms with E-state index in [-0.39, 0.29) is 13.2 Å². The van der Waals surface area contributed by atoms with Crippen molar-refractivity contribution in [2.24, 2.45) is 0 Å². The van der Waals surface area contributed by atoms with Crippen LogP contribution < -0.4 is 5.32 Å². The van der Waals surface area contributed by atoms with Crippen molar-refractivity contribution in [1.82, 2.24) is 5.32 Å². The summed E-state index contributed by atoms with van der Waals surface area (Å²) in [7, 11) is 0. The average Bonchev–Trinajstić information content (AvgIpc) is 2.66. The van der Waals surface area contributed by atoms with Gasteiger partial charge in [-0.1, -0.05) is 66.7 Å². The molecule has 0 fully saturated rings. The molecule has 4 nitrogen and oxygen atoms in total. The van der Waals surface area contributed by atoms with E-state index in [2.05, 4.69) is 23.5 Å². The van der Waals surface area contributed by atoms with Crippen molar-refractivity contribution in [1.29, 1.82) is 0 Å². The molecule has 0 radical (unpaired) electrons. The molecule has 0 saturated carbocycles. The molecule has 0 spiro atoms. The second kappa shape index (κ2) is 11.0. The lowest BCUT2D eigenvalue weighted by Crippen LogP contribution is -2.24. The van der Waals surface area contributed by atoms with Crippen LogP contribution in [0.25, 0.3) is 6.08 Å². The first kappa shape index (κ1) is 18.7. The third-order valence-electron chi connectivity index (χ3n) is 3.75. The van der Waals surface area contributed by atoms with E-state index in [4.69, 9.17) is 9.84 Å². The zero-order chi connectivity index (χ0) is 17.7. The number of ether oxygens (including phenoxy) is 1. The van der Waals surface area contributed by atoms with Gasteiger partial charge < -0.3 is 15.2 Å². The Morgan fingerprint density at radius 1 is 1.08 bits per heavy atom. The van der Waals surface area contributed by atoms with Crippen molar-refractivity contribution in [3.63, 3.8) is 0 Å². The van der Waals surface area contributed by atoms with Gasteiger partial charge in [-0.3, -0.25) is 0 Å². The Morgan fingerprint density at radius 2 is 1.84 bits per heavy atom. The Balaban J connectivity index is 1.68. The van der Waals surface area contributed by atoms with Gasteiger partial charge in [-0.2, -0.15) is 0 Å². The van der Waals surface area contributed by atoms with Gasteiger partial charge in [0, 0.05) is 13.2 Å². The molecule has 0 aromatic heterocycles. The summed E-state index contributed by atoms with van der Waals surface area (Å²) < 4.78 is 5.16. The Hall–Kier alpha value is -2.59. The summed E-state index contributed by atoms with van der Waals surface area (Å²) in [5.41, 5.74) is 3.35. The van der Waals surface area contributed by atoms with Crippen molar-refractivity contribution in [2.75, 3.05) is 13.2 Å². The molecular formula is C21H25NO3. The molecule has 0 aliphatic rings. The monoisotopic (exact) mass is 339 g/mol. The second-order valence-corrected chi connectivity index (χ2v) is 5.71. The number of nitrogens with one attached hydrogen (secondary N) is 1. The fourth-order valence-electron chi connectivity index (χ4n) is 2.44. The number of carbonyl (C=O) groups is 1. The molecule has 0 aliphatic carbocycles. The van der Waals surface area contributed by atoms with Gasteiger partial charge in [0.15, 0.2) is 0 Å².